The van der Waals surface area contributed by atoms with Gasteiger partial charge in [0.05, 0.1) is 11.7 Å². The van der Waals surface area contributed by atoms with Crippen LogP contribution in [-0.2, 0) is 11.3 Å². The topological polar surface area (TPSA) is 131 Å². The number of rotatable bonds is 8. The highest BCUT2D eigenvalue weighted by atomic mass is 16.4. The zero-order valence-electron chi connectivity index (χ0n) is 17.9. The molecular weight excluding hydrogens is 424 g/mol. The number of nitrogens with zero attached hydrogens (tertiary/aromatic N) is 3. The highest BCUT2D eigenvalue weighted by molar-refractivity contribution is 6.03. The zero-order chi connectivity index (χ0) is 23.2. The summed E-state index contributed by atoms with van der Waals surface area (Å²) in [5.74, 6) is -0.287. The van der Waals surface area contributed by atoms with E-state index >= 15 is 0 Å². The van der Waals surface area contributed by atoms with E-state index in [-0.39, 0.29) is 24.1 Å². The molecule has 0 unspecified atom stereocenters. The Morgan fingerprint density at radius 1 is 1.00 bits per heavy atom. The normalized spacial score (nSPS) is 10.7. The largest absolute Gasteiger partial charge is 0.436 e. The molecule has 0 aliphatic heterocycles. The summed E-state index contributed by atoms with van der Waals surface area (Å²) in [6, 6.07) is 14.1. The fraction of sp³-hybridized carbons (Fsp3) is 0.174. The Labute approximate surface area is 189 Å². The third-order valence-corrected chi connectivity index (χ3v) is 4.73. The summed E-state index contributed by atoms with van der Waals surface area (Å²) in [6.07, 6.45) is 3.09. The van der Waals surface area contributed by atoms with E-state index in [1.165, 1.54) is 10.9 Å². The van der Waals surface area contributed by atoms with Crippen molar-refractivity contribution in [1.29, 1.82) is 0 Å². The van der Waals surface area contributed by atoms with Crippen molar-refractivity contribution in [3.8, 4) is 0 Å². The molecule has 3 amide bonds. The molecule has 0 saturated carbocycles. The molecule has 33 heavy (non-hydrogen) atoms. The number of hydrogen-bond acceptors (Lipinski definition) is 6. The highest BCUT2D eigenvalue weighted by Gasteiger charge is 2.12. The molecule has 0 saturated heterocycles. The van der Waals surface area contributed by atoms with Crippen molar-refractivity contribution < 1.29 is 18.8 Å². The summed E-state index contributed by atoms with van der Waals surface area (Å²) in [7, 11) is 0. The van der Waals surface area contributed by atoms with Gasteiger partial charge in [-0.1, -0.05) is 18.2 Å². The average Bonchev–Trinajstić information content (AvgIpc) is 3.42. The lowest BCUT2D eigenvalue weighted by Crippen LogP contribution is -2.36. The minimum Gasteiger partial charge on any atom is -0.436 e. The lowest BCUT2D eigenvalue weighted by molar-refractivity contribution is -0.121. The van der Waals surface area contributed by atoms with E-state index in [0.717, 1.165) is 5.39 Å². The first kappa shape index (κ1) is 21.8. The van der Waals surface area contributed by atoms with Crippen LogP contribution < -0.4 is 16.0 Å². The van der Waals surface area contributed by atoms with Gasteiger partial charge in [-0.15, -0.1) is 0 Å². The third kappa shape index (κ3) is 5.62. The minimum atomic E-state index is -0.402. The Bertz CT molecular complexity index is 1290. The summed E-state index contributed by atoms with van der Waals surface area (Å²) in [5.41, 5.74) is 1.82. The number of hydrogen-bond donors (Lipinski definition) is 3. The van der Waals surface area contributed by atoms with E-state index in [0.29, 0.717) is 35.7 Å². The Morgan fingerprint density at radius 3 is 2.55 bits per heavy atom. The van der Waals surface area contributed by atoms with Gasteiger partial charge in [-0.05, 0) is 30.3 Å². The molecule has 2 heterocycles. The second-order valence-electron chi connectivity index (χ2n) is 7.27. The summed E-state index contributed by atoms with van der Waals surface area (Å²) in [5, 5.41) is 13.4. The fourth-order valence-electron chi connectivity index (χ4n) is 3.17. The van der Waals surface area contributed by atoms with Crippen LogP contribution in [0.5, 0.6) is 0 Å². The van der Waals surface area contributed by atoms with Crippen LogP contribution in [0.15, 0.2) is 65.3 Å². The highest BCUT2D eigenvalue weighted by Crippen LogP contribution is 2.19. The van der Waals surface area contributed by atoms with Crippen molar-refractivity contribution >= 4 is 34.3 Å². The Morgan fingerprint density at radius 2 is 1.79 bits per heavy atom. The summed E-state index contributed by atoms with van der Waals surface area (Å²) >= 11 is 0. The number of carbonyl (C=O) groups excluding carboxylic acids is 3. The molecular formula is C23H22N6O4. The monoisotopic (exact) mass is 446 g/mol. The predicted molar refractivity (Wildman–Crippen MR) is 121 cm³/mol. The predicted octanol–water partition coefficient (Wildman–Crippen LogP) is 2.13. The molecule has 0 spiro atoms. The summed E-state index contributed by atoms with van der Waals surface area (Å²) in [4.78, 5) is 40.3. The Hall–Kier alpha value is -4.47. The molecule has 2 aromatic carbocycles. The maximum Gasteiger partial charge on any atom is 0.293 e. The number of benzene rings is 2. The first-order chi connectivity index (χ1) is 16.0. The molecule has 0 aliphatic carbocycles. The van der Waals surface area contributed by atoms with Crippen molar-refractivity contribution in [2.45, 2.75) is 13.5 Å². The van der Waals surface area contributed by atoms with E-state index < -0.39 is 5.91 Å². The van der Waals surface area contributed by atoms with Crippen LogP contribution in [0, 0.1) is 6.92 Å². The first-order valence-corrected chi connectivity index (χ1v) is 10.3. The van der Waals surface area contributed by atoms with Crippen molar-refractivity contribution in [1.82, 2.24) is 25.4 Å². The minimum absolute atomic E-state index is 0.0281. The number of nitrogens with one attached hydrogen (secondary N) is 3. The van der Waals surface area contributed by atoms with Crippen LogP contribution in [0.4, 0.5) is 5.69 Å². The number of fused-ring (bicyclic) bond motifs is 1. The molecule has 0 aliphatic rings. The third-order valence-electron chi connectivity index (χ3n) is 4.73. The molecule has 0 radical (unpaired) electrons. The Kier molecular flexibility index (Phi) is 6.44. The van der Waals surface area contributed by atoms with Crippen LogP contribution in [-0.4, -0.2) is 45.6 Å². The van der Waals surface area contributed by atoms with Gasteiger partial charge in [-0.2, -0.15) is 5.10 Å². The molecule has 4 rings (SSSR count). The molecule has 10 nitrogen and oxygen atoms in total. The van der Waals surface area contributed by atoms with Gasteiger partial charge in [-0.25, -0.2) is 4.98 Å². The average molecular weight is 446 g/mol. The fourth-order valence-corrected chi connectivity index (χ4v) is 3.17. The van der Waals surface area contributed by atoms with Gasteiger partial charge in [-0.3, -0.25) is 19.1 Å². The van der Waals surface area contributed by atoms with Gasteiger partial charge in [0.25, 0.3) is 11.8 Å². The van der Waals surface area contributed by atoms with Crippen LogP contribution in [0.3, 0.4) is 0 Å². The number of carbonyl (C=O) groups is 3. The summed E-state index contributed by atoms with van der Waals surface area (Å²) < 4.78 is 6.74. The van der Waals surface area contributed by atoms with Crippen molar-refractivity contribution in [3.05, 3.63) is 78.1 Å². The van der Waals surface area contributed by atoms with Crippen LogP contribution in [0.2, 0.25) is 0 Å². The number of amides is 3. The number of oxazole rings is 1. The zero-order valence-corrected chi connectivity index (χ0v) is 17.9. The van der Waals surface area contributed by atoms with Crippen molar-refractivity contribution in [2.75, 3.05) is 18.4 Å². The van der Waals surface area contributed by atoms with Gasteiger partial charge in [0, 0.05) is 42.8 Å². The van der Waals surface area contributed by atoms with Gasteiger partial charge in [0.1, 0.15) is 6.54 Å². The van der Waals surface area contributed by atoms with Crippen molar-refractivity contribution in [2.24, 2.45) is 0 Å². The lowest BCUT2D eigenvalue weighted by atomic mass is 10.2. The molecule has 0 bridgehead atoms. The number of aryl methyl sites for hydroxylation is 1. The lowest BCUT2D eigenvalue weighted by Gasteiger charge is -2.07. The number of anilines is 1. The molecule has 0 fully saturated rings. The molecule has 4 aromatic rings. The van der Waals surface area contributed by atoms with Crippen LogP contribution in [0.25, 0.3) is 10.9 Å². The van der Waals surface area contributed by atoms with Crippen LogP contribution >= 0.6 is 0 Å². The van der Waals surface area contributed by atoms with Crippen molar-refractivity contribution in [3.63, 3.8) is 0 Å². The van der Waals surface area contributed by atoms with E-state index in [1.54, 1.807) is 55.6 Å². The van der Waals surface area contributed by atoms with Crippen LogP contribution in [0.1, 0.15) is 26.8 Å². The standard InChI is InChI=1S/C23H22N6O4/c1-15-26-12-20(33-15)23(32)27-18-7-8-19-17(11-18)13-29(28-19)14-21(30)24-9-10-25-22(31)16-5-3-2-4-6-16/h2-8,11-13H,9-10,14H2,1H3,(H,24,30)(H,25,31)(H,27,32). The summed E-state index contributed by atoms with van der Waals surface area (Å²) in [6.45, 7) is 2.30. The maximum atomic E-state index is 12.2. The van der Waals surface area contributed by atoms with E-state index in [1.807, 2.05) is 6.07 Å². The van der Waals surface area contributed by atoms with Gasteiger partial charge in [0.2, 0.25) is 11.7 Å². The quantitative estimate of drug-likeness (QED) is 0.355. The molecule has 168 valence electrons. The SMILES string of the molecule is Cc1ncc(C(=O)Nc2ccc3nn(CC(=O)NCCNC(=O)c4ccccc4)cc3c2)o1. The molecule has 10 heteroatoms. The van der Waals surface area contributed by atoms with E-state index in [2.05, 4.69) is 26.0 Å². The Balaban J connectivity index is 1.27. The van der Waals surface area contributed by atoms with Gasteiger partial charge < -0.3 is 20.4 Å². The molecule has 3 N–H and O–H groups in total. The van der Waals surface area contributed by atoms with Gasteiger partial charge >= 0.3 is 0 Å². The van der Waals surface area contributed by atoms with E-state index in [9.17, 15) is 14.4 Å². The molecule has 0 atom stereocenters. The smallest absolute Gasteiger partial charge is 0.293 e. The number of aromatic nitrogens is 3. The molecule has 2 aromatic heterocycles. The maximum absolute atomic E-state index is 12.2. The second kappa shape index (κ2) is 9.77. The second-order valence-corrected chi connectivity index (χ2v) is 7.27. The van der Waals surface area contributed by atoms with E-state index in [4.69, 9.17) is 4.42 Å². The van der Waals surface area contributed by atoms with Gasteiger partial charge in [0.15, 0.2) is 5.89 Å². The first-order valence-electron chi connectivity index (χ1n) is 10.3.